The highest BCUT2D eigenvalue weighted by molar-refractivity contribution is 9.10. The van der Waals surface area contributed by atoms with Crippen LogP contribution in [0.15, 0.2) is 39.5 Å². The van der Waals surface area contributed by atoms with E-state index in [1.807, 2.05) is 12.1 Å². The van der Waals surface area contributed by atoms with Crippen LogP contribution in [0.3, 0.4) is 0 Å². The van der Waals surface area contributed by atoms with Crippen molar-refractivity contribution < 1.29 is 9.47 Å². The number of thiophene rings is 1. The van der Waals surface area contributed by atoms with Gasteiger partial charge in [0.05, 0.1) is 6.61 Å². The molecule has 1 heterocycles. The number of hydrogen-bond donors (Lipinski definition) is 1. The summed E-state index contributed by atoms with van der Waals surface area (Å²) in [4.78, 5) is 0. The Hall–Kier alpha value is -0.880. The maximum absolute atomic E-state index is 5.91. The van der Waals surface area contributed by atoms with Gasteiger partial charge in [0.25, 0.3) is 0 Å². The Labute approximate surface area is 132 Å². The van der Waals surface area contributed by atoms with Crippen LogP contribution in [0.2, 0.25) is 0 Å². The highest BCUT2D eigenvalue weighted by Crippen LogP contribution is 2.24. The van der Waals surface area contributed by atoms with Crippen LogP contribution in [0.25, 0.3) is 0 Å². The molecule has 0 aliphatic carbocycles. The van der Waals surface area contributed by atoms with E-state index in [4.69, 9.17) is 9.47 Å². The number of rotatable bonds is 8. The molecular formula is C15H18BrNO2S. The van der Waals surface area contributed by atoms with Gasteiger partial charge in [0.15, 0.2) is 0 Å². The van der Waals surface area contributed by atoms with E-state index in [9.17, 15) is 0 Å². The third kappa shape index (κ3) is 4.90. The summed E-state index contributed by atoms with van der Waals surface area (Å²) in [6, 6.07) is 8.17. The van der Waals surface area contributed by atoms with Gasteiger partial charge in [-0.1, -0.05) is 15.9 Å². The molecule has 2 aromatic rings. The summed E-state index contributed by atoms with van der Waals surface area (Å²) in [6.07, 6.45) is 0. The summed E-state index contributed by atoms with van der Waals surface area (Å²) in [5, 5.41) is 7.51. The molecule has 0 unspecified atom stereocenters. The van der Waals surface area contributed by atoms with Crippen molar-refractivity contribution in [1.82, 2.24) is 5.32 Å². The average molecular weight is 356 g/mol. The highest BCUT2D eigenvalue weighted by Gasteiger charge is 2.05. The fraction of sp³-hybridized carbons (Fsp3) is 0.333. The van der Waals surface area contributed by atoms with Gasteiger partial charge in [0.2, 0.25) is 0 Å². The molecule has 0 fully saturated rings. The van der Waals surface area contributed by atoms with Crippen LogP contribution in [0, 0.1) is 0 Å². The SMILES string of the molecule is COCCNCc1cc(Br)ccc1OCc1ccsc1. The maximum Gasteiger partial charge on any atom is 0.124 e. The van der Waals surface area contributed by atoms with Crippen molar-refractivity contribution >= 4 is 27.3 Å². The largest absolute Gasteiger partial charge is 0.489 e. The Morgan fingerprint density at radius 2 is 2.20 bits per heavy atom. The molecule has 0 radical (unpaired) electrons. The second-order valence-electron chi connectivity index (χ2n) is 4.34. The number of halogens is 1. The van der Waals surface area contributed by atoms with Crippen molar-refractivity contribution in [1.29, 1.82) is 0 Å². The predicted octanol–water partition coefficient (Wildman–Crippen LogP) is 3.83. The monoisotopic (exact) mass is 355 g/mol. The summed E-state index contributed by atoms with van der Waals surface area (Å²) < 4.78 is 12.0. The number of methoxy groups -OCH3 is 1. The molecule has 0 bridgehead atoms. The predicted molar refractivity (Wildman–Crippen MR) is 86.4 cm³/mol. The molecule has 2 rings (SSSR count). The van der Waals surface area contributed by atoms with E-state index in [1.165, 1.54) is 5.56 Å². The molecule has 0 saturated carbocycles. The molecule has 20 heavy (non-hydrogen) atoms. The molecule has 0 aliphatic rings. The summed E-state index contributed by atoms with van der Waals surface area (Å²) >= 11 is 5.19. The van der Waals surface area contributed by atoms with Gasteiger partial charge in [-0.05, 0) is 40.6 Å². The molecule has 0 spiro atoms. The number of hydrogen-bond acceptors (Lipinski definition) is 4. The number of nitrogens with one attached hydrogen (secondary N) is 1. The Kier molecular flexibility index (Phi) is 6.53. The summed E-state index contributed by atoms with van der Waals surface area (Å²) in [6.45, 7) is 2.91. The van der Waals surface area contributed by atoms with Gasteiger partial charge in [-0.3, -0.25) is 0 Å². The fourth-order valence-corrected chi connectivity index (χ4v) is 2.82. The van der Waals surface area contributed by atoms with E-state index in [-0.39, 0.29) is 0 Å². The van der Waals surface area contributed by atoms with Crippen LogP contribution in [0.4, 0.5) is 0 Å². The quantitative estimate of drug-likeness (QED) is 0.730. The number of ether oxygens (including phenoxy) is 2. The lowest BCUT2D eigenvalue weighted by Crippen LogP contribution is -2.19. The van der Waals surface area contributed by atoms with Crippen LogP contribution in [0.1, 0.15) is 11.1 Å². The standard InChI is InChI=1S/C15H18BrNO2S/c1-18-6-5-17-9-13-8-14(16)2-3-15(13)19-10-12-4-7-20-11-12/h2-4,7-8,11,17H,5-6,9-10H2,1H3. The van der Waals surface area contributed by atoms with Crippen molar-refractivity contribution in [2.75, 3.05) is 20.3 Å². The van der Waals surface area contributed by atoms with Crippen molar-refractivity contribution in [2.24, 2.45) is 0 Å². The third-order valence-electron chi connectivity index (χ3n) is 2.80. The molecule has 1 aromatic carbocycles. The Morgan fingerprint density at radius 3 is 2.95 bits per heavy atom. The molecule has 3 nitrogen and oxygen atoms in total. The molecule has 0 amide bonds. The van der Waals surface area contributed by atoms with Gasteiger partial charge in [-0.25, -0.2) is 0 Å². The van der Waals surface area contributed by atoms with E-state index < -0.39 is 0 Å². The van der Waals surface area contributed by atoms with Crippen LogP contribution < -0.4 is 10.1 Å². The van der Waals surface area contributed by atoms with E-state index in [1.54, 1.807) is 18.4 Å². The van der Waals surface area contributed by atoms with Crippen LogP contribution in [-0.4, -0.2) is 20.3 Å². The first-order chi connectivity index (χ1) is 9.79. The molecule has 1 N–H and O–H groups in total. The normalized spacial score (nSPS) is 10.7. The van der Waals surface area contributed by atoms with Crippen molar-refractivity contribution in [2.45, 2.75) is 13.2 Å². The van der Waals surface area contributed by atoms with Crippen LogP contribution >= 0.6 is 27.3 Å². The third-order valence-corrected chi connectivity index (χ3v) is 4.02. The topological polar surface area (TPSA) is 30.5 Å². The van der Waals surface area contributed by atoms with Crippen molar-refractivity contribution in [3.63, 3.8) is 0 Å². The molecule has 5 heteroatoms. The minimum atomic E-state index is 0.607. The molecule has 0 saturated heterocycles. The van der Waals surface area contributed by atoms with Crippen molar-refractivity contribution in [3.05, 3.63) is 50.6 Å². The zero-order valence-electron chi connectivity index (χ0n) is 11.4. The zero-order chi connectivity index (χ0) is 14.2. The van der Waals surface area contributed by atoms with Gasteiger partial charge >= 0.3 is 0 Å². The maximum atomic E-state index is 5.91. The Morgan fingerprint density at radius 1 is 1.30 bits per heavy atom. The Bertz CT molecular complexity index is 517. The van der Waals surface area contributed by atoms with E-state index in [2.05, 4.69) is 44.1 Å². The van der Waals surface area contributed by atoms with Gasteiger partial charge in [-0.15, -0.1) is 0 Å². The van der Waals surface area contributed by atoms with E-state index >= 15 is 0 Å². The molecular weight excluding hydrogens is 338 g/mol. The van der Waals surface area contributed by atoms with Crippen LogP contribution in [0.5, 0.6) is 5.75 Å². The second-order valence-corrected chi connectivity index (χ2v) is 6.04. The van der Waals surface area contributed by atoms with Gasteiger partial charge in [-0.2, -0.15) is 11.3 Å². The summed E-state index contributed by atoms with van der Waals surface area (Å²) in [5.41, 5.74) is 2.35. The first-order valence-corrected chi connectivity index (χ1v) is 8.15. The van der Waals surface area contributed by atoms with Crippen LogP contribution in [-0.2, 0) is 17.9 Å². The zero-order valence-corrected chi connectivity index (χ0v) is 13.8. The van der Waals surface area contributed by atoms with E-state index in [0.29, 0.717) is 13.2 Å². The highest BCUT2D eigenvalue weighted by atomic mass is 79.9. The first-order valence-electron chi connectivity index (χ1n) is 6.41. The second kappa shape index (κ2) is 8.42. The summed E-state index contributed by atoms with van der Waals surface area (Å²) in [7, 11) is 1.70. The lowest BCUT2D eigenvalue weighted by Gasteiger charge is -2.12. The lowest BCUT2D eigenvalue weighted by molar-refractivity contribution is 0.199. The number of benzene rings is 1. The lowest BCUT2D eigenvalue weighted by atomic mass is 10.2. The van der Waals surface area contributed by atoms with Gasteiger partial charge in [0, 0.05) is 30.2 Å². The molecule has 0 atom stereocenters. The molecule has 108 valence electrons. The fourth-order valence-electron chi connectivity index (χ4n) is 1.76. The van der Waals surface area contributed by atoms with Gasteiger partial charge < -0.3 is 14.8 Å². The minimum absolute atomic E-state index is 0.607. The molecule has 0 aliphatic heterocycles. The first kappa shape index (κ1) is 15.5. The summed E-state index contributed by atoms with van der Waals surface area (Å²) in [5.74, 6) is 0.921. The Balaban J connectivity index is 1.95. The average Bonchev–Trinajstić information content (AvgIpc) is 2.96. The smallest absolute Gasteiger partial charge is 0.124 e. The van der Waals surface area contributed by atoms with E-state index in [0.717, 1.165) is 28.9 Å². The van der Waals surface area contributed by atoms with Gasteiger partial charge in [0.1, 0.15) is 12.4 Å². The van der Waals surface area contributed by atoms with Crippen molar-refractivity contribution in [3.8, 4) is 5.75 Å². The minimum Gasteiger partial charge on any atom is -0.489 e. The molecule has 1 aromatic heterocycles.